The predicted molar refractivity (Wildman–Crippen MR) is 95.9 cm³/mol. The maximum absolute atomic E-state index is 6.29. The number of hydrogen-bond acceptors (Lipinski definition) is 3. The monoisotopic (exact) mass is 333 g/mol. The summed E-state index contributed by atoms with van der Waals surface area (Å²) in [7, 11) is 3.20. The molecule has 0 radical (unpaired) electrons. The van der Waals surface area contributed by atoms with Crippen molar-refractivity contribution in [2.75, 3.05) is 20.8 Å². The minimum atomic E-state index is 0.245. The zero-order chi connectivity index (χ0) is 16.8. The highest BCUT2D eigenvalue weighted by molar-refractivity contribution is 6.32. The van der Waals surface area contributed by atoms with Gasteiger partial charge in [-0.1, -0.05) is 42.8 Å². The maximum Gasteiger partial charge on any atom is 0.179 e. The van der Waals surface area contributed by atoms with Crippen molar-refractivity contribution in [1.82, 2.24) is 0 Å². The standard InChI is InChI=1S/C19H24ClNO2/c1-4-13-5-7-15(8-6-13)16(12-21)9-14-10-17(20)19(23-3)18(11-14)22-2/h5-8,10-11,16H,4,9,12,21H2,1-3H3. The van der Waals surface area contributed by atoms with Crippen molar-refractivity contribution in [2.24, 2.45) is 5.73 Å². The van der Waals surface area contributed by atoms with Crippen molar-refractivity contribution in [3.8, 4) is 11.5 Å². The van der Waals surface area contributed by atoms with Crippen LogP contribution in [0.1, 0.15) is 29.5 Å². The topological polar surface area (TPSA) is 44.5 Å². The van der Waals surface area contributed by atoms with Crippen molar-refractivity contribution in [3.63, 3.8) is 0 Å². The van der Waals surface area contributed by atoms with Gasteiger partial charge in [-0.05, 0) is 48.2 Å². The molecule has 0 aliphatic rings. The van der Waals surface area contributed by atoms with Crippen LogP contribution in [-0.4, -0.2) is 20.8 Å². The molecule has 2 aromatic rings. The van der Waals surface area contributed by atoms with E-state index < -0.39 is 0 Å². The Kier molecular flexibility index (Phi) is 6.31. The normalized spacial score (nSPS) is 12.0. The molecule has 0 spiro atoms. The van der Waals surface area contributed by atoms with Crippen molar-refractivity contribution in [3.05, 3.63) is 58.1 Å². The number of methoxy groups -OCH3 is 2. The Hall–Kier alpha value is -1.71. The Morgan fingerprint density at radius 1 is 1.04 bits per heavy atom. The molecule has 0 bridgehead atoms. The Morgan fingerprint density at radius 3 is 2.26 bits per heavy atom. The molecule has 3 nitrogen and oxygen atoms in total. The predicted octanol–water partition coefficient (Wildman–Crippen LogP) is 4.20. The lowest BCUT2D eigenvalue weighted by atomic mass is 9.91. The van der Waals surface area contributed by atoms with Gasteiger partial charge in [-0.2, -0.15) is 0 Å². The van der Waals surface area contributed by atoms with Crippen LogP contribution < -0.4 is 15.2 Å². The molecule has 2 aromatic carbocycles. The second-order valence-corrected chi connectivity index (χ2v) is 5.95. The molecule has 23 heavy (non-hydrogen) atoms. The molecule has 124 valence electrons. The second kappa shape index (κ2) is 8.23. The molecule has 0 saturated carbocycles. The average Bonchev–Trinajstić information content (AvgIpc) is 2.59. The largest absolute Gasteiger partial charge is 0.493 e. The van der Waals surface area contributed by atoms with Gasteiger partial charge in [0.15, 0.2) is 11.5 Å². The zero-order valence-corrected chi connectivity index (χ0v) is 14.7. The maximum atomic E-state index is 6.29. The van der Waals surface area contributed by atoms with Gasteiger partial charge in [-0.25, -0.2) is 0 Å². The average molecular weight is 334 g/mol. The number of benzene rings is 2. The molecule has 2 N–H and O–H groups in total. The summed E-state index contributed by atoms with van der Waals surface area (Å²) in [6.45, 7) is 2.73. The summed E-state index contributed by atoms with van der Waals surface area (Å²) >= 11 is 6.29. The van der Waals surface area contributed by atoms with Crippen molar-refractivity contribution >= 4 is 11.6 Å². The SMILES string of the molecule is CCc1ccc(C(CN)Cc2cc(Cl)c(OC)c(OC)c2)cc1. The summed E-state index contributed by atoms with van der Waals surface area (Å²) < 4.78 is 10.7. The molecule has 0 aromatic heterocycles. The van der Waals surface area contributed by atoms with Crippen molar-refractivity contribution in [1.29, 1.82) is 0 Å². The number of ether oxygens (including phenoxy) is 2. The Bertz CT molecular complexity index is 641. The van der Waals surface area contributed by atoms with E-state index in [0.717, 1.165) is 18.4 Å². The molecule has 0 saturated heterocycles. The molecule has 0 fully saturated rings. The molecule has 1 unspecified atom stereocenters. The van der Waals surface area contributed by atoms with Crippen LogP contribution in [0, 0.1) is 0 Å². The van der Waals surface area contributed by atoms with Gasteiger partial charge < -0.3 is 15.2 Å². The first-order chi connectivity index (χ1) is 11.1. The van der Waals surface area contributed by atoms with Gasteiger partial charge in [-0.15, -0.1) is 0 Å². The Balaban J connectivity index is 2.25. The molecule has 2 rings (SSSR count). The molecule has 0 aliphatic carbocycles. The first-order valence-corrected chi connectivity index (χ1v) is 8.20. The highest BCUT2D eigenvalue weighted by atomic mass is 35.5. The number of rotatable bonds is 7. The summed E-state index contributed by atoms with van der Waals surface area (Å²) in [5.74, 6) is 1.46. The highest BCUT2D eigenvalue weighted by Crippen LogP contribution is 2.37. The minimum Gasteiger partial charge on any atom is -0.493 e. The van der Waals surface area contributed by atoms with Gasteiger partial charge >= 0.3 is 0 Å². The smallest absolute Gasteiger partial charge is 0.179 e. The van der Waals surface area contributed by atoms with E-state index in [2.05, 4.69) is 31.2 Å². The first kappa shape index (κ1) is 17.6. The van der Waals surface area contributed by atoms with Crippen LogP contribution in [0.25, 0.3) is 0 Å². The lowest BCUT2D eigenvalue weighted by Gasteiger charge is -2.18. The van der Waals surface area contributed by atoms with Crippen molar-refractivity contribution < 1.29 is 9.47 Å². The molecule has 0 aliphatic heterocycles. The molecule has 4 heteroatoms. The number of halogens is 1. The third-order valence-electron chi connectivity index (χ3n) is 4.12. The third-order valence-corrected chi connectivity index (χ3v) is 4.40. The number of aryl methyl sites for hydroxylation is 1. The molecule has 0 heterocycles. The van der Waals surface area contributed by atoms with E-state index in [1.54, 1.807) is 14.2 Å². The third kappa shape index (κ3) is 4.18. The van der Waals surface area contributed by atoms with Crippen molar-refractivity contribution in [2.45, 2.75) is 25.7 Å². The fourth-order valence-electron chi connectivity index (χ4n) is 2.74. The van der Waals surface area contributed by atoms with Crippen LogP contribution in [-0.2, 0) is 12.8 Å². The van der Waals surface area contributed by atoms with E-state index in [-0.39, 0.29) is 5.92 Å². The van der Waals surface area contributed by atoms with Crippen LogP contribution in [0.3, 0.4) is 0 Å². The van der Waals surface area contributed by atoms with E-state index in [1.807, 2.05) is 12.1 Å². The molecule has 1 atom stereocenters. The quantitative estimate of drug-likeness (QED) is 0.825. The van der Waals surface area contributed by atoms with E-state index in [4.69, 9.17) is 26.8 Å². The first-order valence-electron chi connectivity index (χ1n) is 7.82. The molecule has 0 amide bonds. The summed E-state index contributed by atoms with van der Waals surface area (Å²) in [6.07, 6.45) is 1.85. The molecular weight excluding hydrogens is 310 g/mol. The fraction of sp³-hybridized carbons (Fsp3) is 0.368. The highest BCUT2D eigenvalue weighted by Gasteiger charge is 2.15. The van der Waals surface area contributed by atoms with Crippen LogP contribution in [0.5, 0.6) is 11.5 Å². The van der Waals surface area contributed by atoms with Gasteiger partial charge in [-0.3, -0.25) is 0 Å². The summed E-state index contributed by atoms with van der Waals surface area (Å²) in [5.41, 5.74) is 9.66. The van der Waals surface area contributed by atoms with E-state index in [1.165, 1.54) is 11.1 Å². The Labute approximate surface area is 143 Å². The Morgan fingerprint density at radius 2 is 1.74 bits per heavy atom. The lowest BCUT2D eigenvalue weighted by molar-refractivity contribution is 0.354. The summed E-state index contributed by atoms with van der Waals surface area (Å²) in [6, 6.07) is 12.6. The van der Waals surface area contributed by atoms with Gasteiger partial charge in [0.05, 0.1) is 19.2 Å². The minimum absolute atomic E-state index is 0.245. The van der Waals surface area contributed by atoms with Gasteiger partial charge in [0.25, 0.3) is 0 Å². The second-order valence-electron chi connectivity index (χ2n) is 5.55. The molecular formula is C19H24ClNO2. The lowest BCUT2D eigenvalue weighted by Crippen LogP contribution is -2.15. The van der Waals surface area contributed by atoms with Crippen LogP contribution in [0.4, 0.5) is 0 Å². The number of hydrogen-bond donors (Lipinski definition) is 1. The van der Waals surface area contributed by atoms with E-state index in [0.29, 0.717) is 23.1 Å². The zero-order valence-electron chi connectivity index (χ0n) is 13.9. The van der Waals surface area contributed by atoms with Crippen LogP contribution in [0.15, 0.2) is 36.4 Å². The van der Waals surface area contributed by atoms with Crippen LogP contribution >= 0.6 is 11.6 Å². The summed E-state index contributed by atoms with van der Waals surface area (Å²) in [5, 5.41) is 0.555. The van der Waals surface area contributed by atoms with E-state index in [9.17, 15) is 0 Å². The van der Waals surface area contributed by atoms with Gasteiger partial charge in [0.2, 0.25) is 0 Å². The number of nitrogens with two attached hydrogens (primary N) is 1. The van der Waals surface area contributed by atoms with Crippen LogP contribution in [0.2, 0.25) is 5.02 Å². The fourth-order valence-corrected chi connectivity index (χ4v) is 3.05. The van der Waals surface area contributed by atoms with Gasteiger partial charge in [0.1, 0.15) is 0 Å². The van der Waals surface area contributed by atoms with Gasteiger partial charge in [0, 0.05) is 5.92 Å². The summed E-state index contributed by atoms with van der Waals surface area (Å²) in [4.78, 5) is 0. The van der Waals surface area contributed by atoms with E-state index >= 15 is 0 Å².